The Kier molecular flexibility index (Phi) is 16.3. The average molecular weight is 1120 g/mol. The number of hydrogen-bond donors (Lipinski definition) is 4. The molecular formula is C55H66F2N7O12PS. The Labute approximate surface area is 453 Å². The molecule has 9 rings (SSSR count). The fourth-order valence-electron chi connectivity index (χ4n) is 11.4. The number of fused-ring (bicyclic) bond motifs is 2. The van der Waals surface area contributed by atoms with Crippen LogP contribution >= 0.6 is 18.9 Å². The van der Waals surface area contributed by atoms with E-state index in [2.05, 4.69) is 10.6 Å². The van der Waals surface area contributed by atoms with Gasteiger partial charge in [-0.15, -0.1) is 11.3 Å². The molecule has 23 heteroatoms. The van der Waals surface area contributed by atoms with E-state index in [-0.39, 0.29) is 85.8 Å². The molecule has 3 saturated heterocycles. The van der Waals surface area contributed by atoms with Gasteiger partial charge in [0.25, 0.3) is 5.91 Å². The summed E-state index contributed by atoms with van der Waals surface area (Å²) in [6.07, 6.45) is 3.77. The van der Waals surface area contributed by atoms with Crippen LogP contribution in [-0.2, 0) is 57.1 Å². The van der Waals surface area contributed by atoms with Gasteiger partial charge in [0, 0.05) is 50.4 Å². The molecule has 4 aliphatic rings. The molecule has 6 amide bonds. The van der Waals surface area contributed by atoms with Crippen molar-refractivity contribution in [1.29, 1.82) is 0 Å². The number of aromatic nitrogens is 2. The van der Waals surface area contributed by atoms with Gasteiger partial charge in [0.05, 0.1) is 35.2 Å². The number of piperidine rings is 1. The molecule has 0 bridgehead atoms. The first kappa shape index (κ1) is 56.6. The summed E-state index contributed by atoms with van der Waals surface area (Å²) in [7, 11) is -2.45. The van der Waals surface area contributed by atoms with Crippen LogP contribution in [0.15, 0.2) is 77.6 Å². The van der Waals surface area contributed by atoms with E-state index in [1.165, 1.54) is 21.6 Å². The number of amides is 6. The number of ether oxygens (including phenoxy) is 2. The summed E-state index contributed by atoms with van der Waals surface area (Å²) in [5.41, 5.74) is -3.30. The predicted octanol–water partition coefficient (Wildman–Crippen LogP) is 6.00. The number of likely N-dealkylation sites (tertiary alicyclic amines) is 1. The molecule has 1 saturated carbocycles. The highest BCUT2D eigenvalue weighted by Gasteiger charge is 2.51. The third-order valence-corrected chi connectivity index (χ3v) is 17.9. The van der Waals surface area contributed by atoms with E-state index < -0.39 is 78.2 Å². The van der Waals surface area contributed by atoms with Gasteiger partial charge in [-0.1, -0.05) is 63.2 Å². The van der Waals surface area contributed by atoms with E-state index >= 15 is 0 Å². The standard InChI is InChI=1S/C55H66F2N7O12PS/c1-54(2,3)48(59-50(68)44-28-36-27-37(16-19-43(36)78-44)55(56,57)77(72,73)74)52(70)63-22-21-41(47(63)51(69)62-23-24-75-42(30-62)35-9-7-6-8-10-35)76-31-46(66)60(4)29-33-13-11-32(12-14-33)25-34-15-17-38-40(26-34)61(5)53(71)64(38)39-18-20-45(65)58-49(39)67/h6-10,15-17,19,26-28,32-33,39,41-42,47-48H,11-14,18,20-25,29-31H2,1-5H3,(H,59,68)(H,58,65,67)(H2,72,73,74)/t32?,33?,39?,41-,42+,47+,48-/m1/s1. The van der Waals surface area contributed by atoms with Crippen LogP contribution in [0.25, 0.3) is 21.1 Å². The fraction of sp³-hybridized carbons (Fsp3) is 0.509. The molecule has 1 aliphatic carbocycles. The van der Waals surface area contributed by atoms with Gasteiger partial charge in [-0.2, -0.15) is 8.78 Å². The zero-order valence-electron chi connectivity index (χ0n) is 44.2. The Balaban J connectivity index is 0.848. The minimum absolute atomic E-state index is 0.0560. The first-order chi connectivity index (χ1) is 36.9. The van der Waals surface area contributed by atoms with Crippen molar-refractivity contribution in [1.82, 2.24) is 34.5 Å². The number of thiophene rings is 1. The Hall–Kier alpha value is -6.16. The number of imide groups is 1. The van der Waals surface area contributed by atoms with Gasteiger partial charge in [0.1, 0.15) is 30.8 Å². The van der Waals surface area contributed by atoms with Crippen LogP contribution in [0.4, 0.5) is 8.78 Å². The summed E-state index contributed by atoms with van der Waals surface area (Å²) in [4.78, 5) is 119. The highest BCUT2D eigenvalue weighted by Crippen LogP contribution is 2.59. The number of imidazole rings is 1. The molecule has 4 N–H and O–H groups in total. The number of nitrogens with one attached hydrogen (secondary N) is 2. The lowest BCUT2D eigenvalue weighted by Gasteiger charge is -2.39. The Morgan fingerprint density at radius 2 is 1.64 bits per heavy atom. The van der Waals surface area contributed by atoms with Crippen molar-refractivity contribution in [2.45, 2.75) is 108 Å². The molecule has 19 nitrogen and oxygen atoms in total. The van der Waals surface area contributed by atoms with Crippen molar-refractivity contribution in [2.75, 3.05) is 46.4 Å². The van der Waals surface area contributed by atoms with Gasteiger partial charge in [-0.3, -0.25) is 47.8 Å². The third kappa shape index (κ3) is 11.7. The second kappa shape index (κ2) is 22.5. The van der Waals surface area contributed by atoms with Gasteiger partial charge >= 0.3 is 18.9 Å². The van der Waals surface area contributed by atoms with Crippen molar-refractivity contribution in [3.63, 3.8) is 0 Å². The Bertz CT molecular complexity index is 3240. The van der Waals surface area contributed by atoms with Crippen LogP contribution < -0.4 is 16.3 Å². The zero-order valence-corrected chi connectivity index (χ0v) is 45.9. The molecule has 5 aromatic rings. The number of alkyl halides is 2. The first-order valence-electron chi connectivity index (χ1n) is 26.3. The van der Waals surface area contributed by atoms with Gasteiger partial charge in [0.2, 0.25) is 29.5 Å². The molecule has 78 heavy (non-hydrogen) atoms. The van der Waals surface area contributed by atoms with E-state index in [9.17, 15) is 56.7 Å². The maximum atomic E-state index is 15.0. The molecule has 5 atom stereocenters. The van der Waals surface area contributed by atoms with E-state index in [1.807, 2.05) is 48.5 Å². The quantitative estimate of drug-likeness (QED) is 0.0698. The Morgan fingerprint density at radius 3 is 2.33 bits per heavy atom. The molecule has 0 radical (unpaired) electrons. The number of morpholine rings is 1. The van der Waals surface area contributed by atoms with Crippen molar-refractivity contribution in [2.24, 2.45) is 24.3 Å². The maximum absolute atomic E-state index is 15.0. The molecule has 5 heterocycles. The number of aryl methyl sites for hydroxylation is 1. The van der Waals surface area contributed by atoms with E-state index in [4.69, 9.17) is 9.47 Å². The second-order valence-electron chi connectivity index (χ2n) is 22.3. The monoisotopic (exact) mass is 1120 g/mol. The highest BCUT2D eigenvalue weighted by atomic mass is 32.1. The largest absolute Gasteiger partial charge is 0.399 e. The van der Waals surface area contributed by atoms with Crippen molar-refractivity contribution >= 4 is 75.5 Å². The normalized spacial score (nSPS) is 22.9. The molecule has 3 aromatic carbocycles. The maximum Gasteiger partial charge on any atom is 0.399 e. The topological polar surface area (TPSA) is 239 Å². The van der Waals surface area contributed by atoms with Gasteiger partial charge in [-0.25, -0.2) is 4.79 Å². The highest BCUT2D eigenvalue weighted by molar-refractivity contribution is 7.52. The minimum Gasteiger partial charge on any atom is -0.370 e. The van der Waals surface area contributed by atoms with Crippen LogP contribution in [0.3, 0.4) is 0 Å². The molecule has 418 valence electrons. The van der Waals surface area contributed by atoms with Crippen molar-refractivity contribution < 1.29 is 61.4 Å². The predicted molar refractivity (Wildman–Crippen MR) is 285 cm³/mol. The lowest BCUT2D eigenvalue weighted by molar-refractivity contribution is -0.156. The summed E-state index contributed by atoms with van der Waals surface area (Å²) in [5, 5.41) is 5.33. The molecule has 4 fully saturated rings. The third-order valence-electron chi connectivity index (χ3n) is 15.8. The van der Waals surface area contributed by atoms with Crippen molar-refractivity contribution in [3.05, 3.63) is 105 Å². The van der Waals surface area contributed by atoms with Gasteiger partial charge < -0.3 is 39.3 Å². The number of carbonyl (C=O) groups excluding carboxylic acids is 6. The van der Waals surface area contributed by atoms with E-state index in [0.717, 1.165) is 72.2 Å². The fourth-order valence-corrected chi connectivity index (χ4v) is 12.8. The van der Waals surface area contributed by atoms with Crippen LogP contribution in [0.5, 0.6) is 0 Å². The summed E-state index contributed by atoms with van der Waals surface area (Å²) in [6, 6.07) is 16.6. The molecule has 2 aromatic heterocycles. The van der Waals surface area contributed by atoms with Crippen LogP contribution in [-0.4, -0.2) is 134 Å². The minimum atomic E-state index is -5.86. The first-order valence-corrected chi connectivity index (χ1v) is 28.8. The zero-order chi connectivity index (χ0) is 56.0. The number of rotatable bonds is 15. The van der Waals surface area contributed by atoms with E-state index in [1.54, 1.807) is 49.2 Å². The van der Waals surface area contributed by atoms with Gasteiger partial charge in [0.15, 0.2) is 0 Å². The average Bonchev–Trinajstić information content (AvgIpc) is 4.14. The van der Waals surface area contributed by atoms with E-state index in [0.29, 0.717) is 22.7 Å². The second-order valence-corrected chi connectivity index (χ2v) is 25.0. The lowest BCUT2D eigenvalue weighted by atomic mass is 9.79. The van der Waals surface area contributed by atoms with Crippen molar-refractivity contribution in [3.8, 4) is 0 Å². The van der Waals surface area contributed by atoms with Crippen LogP contribution in [0.1, 0.15) is 104 Å². The molecular weight excluding hydrogens is 1050 g/mol. The molecule has 0 spiro atoms. The number of carbonyl (C=O) groups is 6. The number of halogens is 2. The summed E-state index contributed by atoms with van der Waals surface area (Å²) in [5.74, 6) is -2.15. The lowest BCUT2D eigenvalue weighted by Crippen LogP contribution is -2.60. The molecule has 1 unspecified atom stereocenters. The van der Waals surface area contributed by atoms with Crippen LogP contribution in [0.2, 0.25) is 0 Å². The summed E-state index contributed by atoms with van der Waals surface area (Å²) < 4.78 is 56.7. The number of likely N-dealkylation sites (N-methyl/N-ethyl adjacent to an activating group) is 1. The molecule has 3 aliphatic heterocycles. The number of hydrogen-bond acceptors (Lipinski definition) is 11. The van der Waals surface area contributed by atoms with Crippen LogP contribution in [0, 0.1) is 17.3 Å². The number of benzene rings is 3. The number of nitrogens with zero attached hydrogens (tertiary/aromatic N) is 5. The van der Waals surface area contributed by atoms with Gasteiger partial charge in [-0.05, 0) is 109 Å². The Morgan fingerprint density at radius 1 is 0.923 bits per heavy atom. The summed E-state index contributed by atoms with van der Waals surface area (Å²) >= 11 is 0.950. The smallest absolute Gasteiger partial charge is 0.370 e. The summed E-state index contributed by atoms with van der Waals surface area (Å²) in [6.45, 7) is 6.15. The SMILES string of the molecule is CN(CC1CCC(Cc2ccc3c(c2)n(C)c(=O)n3C2CCC(=O)NC2=O)CC1)C(=O)CO[C@@H]1CCN(C(=O)[C@@H](NC(=O)c2cc3cc(C(F)(F)P(=O)(O)O)ccc3s2)C(C)(C)C)[C@@H]1C(=O)N1CCO[C@H](c2ccccc2)C1.